The zero-order valence-corrected chi connectivity index (χ0v) is 15.2. The maximum Gasteiger partial charge on any atom is 0.160 e. The number of hydrogen-bond donors (Lipinski definition) is 4. The second kappa shape index (κ2) is 8.04. The van der Waals surface area contributed by atoms with Gasteiger partial charge in [-0.2, -0.15) is 0 Å². The lowest BCUT2D eigenvalue weighted by Gasteiger charge is -2.25. The van der Waals surface area contributed by atoms with Gasteiger partial charge >= 0.3 is 0 Å². The van der Waals surface area contributed by atoms with Crippen LogP contribution >= 0.6 is 0 Å². The van der Waals surface area contributed by atoms with E-state index in [1.54, 1.807) is 18.2 Å². The van der Waals surface area contributed by atoms with Gasteiger partial charge in [-0.15, -0.1) is 0 Å². The molecule has 7 heteroatoms. The van der Waals surface area contributed by atoms with Crippen LogP contribution in [0.4, 0.5) is 0 Å². The highest BCUT2D eigenvalue weighted by Crippen LogP contribution is 2.45. The van der Waals surface area contributed by atoms with Gasteiger partial charge in [0.15, 0.2) is 11.5 Å². The van der Waals surface area contributed by atoms with Gasteiger partial charge in [-0.05, 0) is 35.4 Å². The van der Waals surface area contributed by atoms with Crippen LogP contribution in [-0.2, 0) is 4.74 Å². The van der Waals surface area contributed by atoms with Crippen LogP contribution in [0, 0.1) is 11.8 Å². The number of phenolic OH excluding ortho intramolecular Hbond substituents is 2. The Morgan fingerprint density at radius 3 is 2.56 bits per heavy atom. The lowest BCUT2D eigenvalue weighted by Crippen LogP contribution is -2.25. The number of methoxy groups -OCH3 is 2. The molecule has 1 aliphatic heterocycles. The van der Waals surface area contributed by atoms with Gasteiger partial charge < -0.3 is 34.6 Å². The molecule has 1 heterocycles. The van der Waals surface area contributed by atoms with Crippen molar-refractivity contribution in [3.63, 3.8) is 0 Å². The molecule has 2 aromatic carbocycles. The smallest absolute Gasteiger partial charge is 0.160 e. The summed E-state index contributed by atoms with van der Waals surface area (Å²) in [5.74, 6) is -0.00217. The normalized spacial score (nSPS) is 23.2. The van der Waals surface area contributed by atoms with Gasteiger partial charge in [0.2, 0.25) is 0 Å². The highest BCUT2D eigenvalue weighted by molar-refractivity contribution is 5.43. The van der Waals surface area contributed by atoms with E-state index in [4.69, 9.17) is 14.2 Å². The maximum absolute atomic E-state index is 10.9. The minimum Gasteiger partial charge on any atom is -0.508 e. The first-order valence-corrected chi connectivity index (χ1v) is 8.63. The fourth-order valence-corrected chi connectivity index (χ4v) is 3.60. The van der Waals surface area contributed by atoms with E-state index in [-0.39, 0.29) is 36.5 Å². The topological polar surface area (TPSA) is 109 Å². The summed E-state index contributed by atoms with van der Waals surface area (Å²) >= 11 is 0. The molecule has 4 N–H and O–H groups in total. The monoisotopic (exact) mass is 376 g/mol. The van der Waals surface area contributed by atoms with E-state index in [2.05, 4.69) is 0 Å². The highest BCUT2D eigenvalue weighted by atomic mass is 16.5. The largest absolute Gasteiger partial charge is 0.508 e. The van der Waals surface area contributed by atoms with E-state index in [0.717, 1.165) is 5.56 Å². The fourth-order valence-electron chi connectivity index (χ4n) is 3.60. The van der Waals surface area contributed by atoms with Gasteiger partial charge in [0.25, 0.3) is 0 Å². The first kappa shape index (κ1) is 19.3. The molecule has 1 aliphatic rings. The molecule has 1 fully saturated rings. The van der Waals surface area contributed by atoms with E-state index >= 15 is 0 Å². The lowest BCUT2D eigenvalue weighted by molar-refractivity contribution is 0.0632. The minimum absolute atomic E-state index is 0.0114. The van der Waals surface area contributed by atoms with E-state index in [1.165, 1.54) is 32.4 Å². The van der Waals surface area contributed by atoms with Crippen LogP contribution in [0.5, 0.6) is 23.0 Å². The maximum atomic E-state index is 10.9. The predicted octanol–water partition coefficient (Wildman–Crippen LogP) is 2.14. The van der Waals surface area contributed by atoms with E-state index in [9.17, 15) is 20.4 Å². The average molecular weight is 376 g/mol. The van der Waals surface area contributed by atoms with Crippen LogP contribution in [0.25, 0.3) is 0 Å². The average Bonchev–Trinajstić information content (AvgIpc) is 3.11. The van der Waals surface area contributed by atoms with Crippen molar-refractivity contribution in [3.05, 3.63) is 47.5 Å². The Morgan fingerprint density at radius 2 is 1.89 bits per heavy atom. The number of aliphatic hydroxyl groups is 2. The Labute approximate surface area is 157 Å². The van der Waals surface area contributed by atoms with Gasteiger partial charge in [0, 0.05) is 24.5 Å². The van der Waals surface area contributed by atoms with Crippen LogP contribution in [-0.4, -0.2) is 47.9 Å². The van der Waals surface area contributed by atoms with Crippen molar-refractivity contribution in [1.82, 2.24) is 0 Å². The van der Waals surface area contributed by atoms with Crippen molar-refractivity contribution in [2.45, 2.75) is 12.2 Å². The first-order chi connectivity index (χ1) is 13.0. The number of hydrogen-bond acceptors (Lipinski definition) is 7. The zero-order chi connectivity index (χ0) is 19.6. The molecule has 7 nitrogen and oxygen atoms in total. The summed E-state index contributed by atoms with van der Waals surface area (Å²) in [4.78, 5) is 0. The van der Waals surface area contributed by atoms with Crippen molar-refractivity contribution in [2.75, 3.05) is 27.4 Å². The van der Waals surface area contributed by atoms with Crippen molar-refractivity contribution >= 4 is 0 Å². The Balaban J connectivity index is 1.87. The summed E-state index contributed by atoms with van der Waals surface area (Å²) in [6.45, 7) is 0.0454. The number of benzene rings is 2. The molecule has 0 amide bonds. The summed E-state index contributed by atoms with van der Waals surface area (Å²) in [7, 11) is 2.94. The third kappa shape index (κ3) is 3.80. The van der Waals surface area contributed by atoms with Crippen molar-refractivity contribution in [1.29, 1.82) is 0 Å². The van der Waals surface area contributed by atoms with Crippen molar-refractivity contribution in [3.8, 4) is 23.0 Å². The second-order valence-corrected chi connectivity index (χ2v) is 6.60. The molecule has 0 aliphatic carbocycles. The Hall–Kier alpha value is -2.48. The molecule has 4 atom stereocenters. The number of phenols is 2. The third-order valence-electron chi connectivity index (χ3n) is 5.05. The summed E-state index contributed by atoms with van der Waals surface area (Å²) in [5.41, 5.74) is 1.23. The van der Waals surface area contributed by atoms with Crippen LogP contribution in [0.15, 0.2) is 36.4 Å². The van der Waals surface area contributed by atoms with Gasteiger partial charge in [-0.25, -0.2) is 0 Å². The molecule has 1 saturated heterocycles. The number of aliphatic hydroxyl groups excluding tert-OH is 2. The molecule has 2 aromatic rings. The third-order valence-corrected chi connectivity index (χ3v) is 5.05. The zero-order valence-electron chi connectivity index (χ0n) is 15.2. The Kier molecular flexibility index (Phi) is 5.74. The summed E-state index contributed by atoms with van der Waals surface area (Å²) in [5, 5.41) is 40.4. The first-order valence-electron chi connectivity index (χ1n) is 8.63. The quantitative estimate of drug-likeness (QED) is 0.612. The molecule has 0 aromatic heterocycles. The van der Waals surface area contributed by atoms with Crippen molar-refractivity contribution < 1.29 is 34.6 Å². The summed E-state index contributed by atoms with van der Waals surface area (Å²) < 4.78 is 16.1. The molecule has 0 radical (unpaired) electrons. The standard InChI is InChI=1S/C20H24O7/c1-25-14-6-12(5-13(22)8-14)19(24)16-10-27-20(15(16)9-21)11-3-4-17(23)18(7-11)26-2/h3-8,15-16,19-24H,9-10H2,1-2H3/t15-,16-,19-,20+/m1/s1. The second-order valence-electron chi connectivity index (χ2n) is 6.60. The minimum atomic E-state index is -0.952. The Morgan fingerprint density at radius 1 is 1.11 bits per heavy atom. The highest BCUT2D eigenvalue weighted by Gasteiger charge is 2.42. The van der Waals surface area contributed by atoms with Gasteiger partial charge in [-0.1, -0.05) is 6.07 Å². The van der Waals surface area contributed by atoms with Gasteiger partial charge in [-0.3, -0.25) is 0 Å². The van der Waals surface area contributed by atoms with Crippen LogP contribution in [0.3, 0.4) is 0 Å². The Bertz CT molecular complexity index is 792. The number of rotatable bonds is 6. The van der Waals surface area contributed by atoms with Crippen molar-refractivity contribution in [2.24, 2.45) is 11.8 Å². The van der Waals surface area contributed by atoms with Gasteiger partial charge in [0.1, 0.15) is 11.5 Å². The van der Waals surface area contributed by atoms with E-state index < -0.39 is 12.2 Å². The van der Waals surface area contributed by atoms with E-state index in [0.29, 0.717) is 17.1 Å². The van der Waals surface area contributed by atoms with Crippen LogP contribution in [0.1, 0.15) is 23.3 Å². The molecule has 3 rings (SSSR count). The number of aromatic hydroxyl groups is 2. The fraction of sp³-hybridized carbons (Fsp3) is 0.400. The summed E-state index contributed by atoms with van der Waals surface area (Å²) in [6.07, 6.45) is -1.41. The van der Waals surface area contributed by atoms with Gasteiger partial charge in [0.05, 0.1) is 33.0 Å². The lowest BCUT2D eigenvalue weighted by atomic mass is 9.82. The number of ether oxygens (including phenoxy) is 3. The molecule has 0 saturated carbocycles. The molecule has 0 bridgehead atoms. The summed E-state index contributed by atoms with van der Waals surface area (Å²) in [6, 6.07) is 9.45. The molecular formula is C20H24O7. The SMILES string of the molecule is COc1cc(O)cc([C@@H](O)[C@@H]2CO[C@@H](c3ccc(O)c(OC)c3)[C@@H]2CO)c1. The van der Waals surface area contributed by atoms with Crippen LogP contribution in [0.2, 0.25) is 0 Å². The molecule has 146 valence electrons. The van der Waals surface area contributed by atoms with E-state index in [1.807, 2.05) is 0 Å². The van der Waals surface area contributed by atoms with Crippen LogP contribution < -0.4 is 9.47 Å². The molecule has 0 unspecified atom stereocenters. The molecular weight excluding hydrogens is 352 g/mol. The molecule has 0 spiro atoms. The predicted molar refractivity (Wildman–Crippen MR) is 97.0 cm³/mol. The molecule has 27 heavy (non-hydrogen) atoms.